The number of hydrogen-bond acceptors (Lipinski definition) is 4. The van der Waals surface area contributed by atoms with Crippen LogP contribution in [-0.2, 0) is 0 Å². The summed E-state index contributed by atoms with van der Waals surface area (Å²) >= 11 is 5.45. The van der Waals surface area contributed by atoms with Crippen molar-refractivity contribution in [3.05, 3.63) is 41.1 Å². The van der Waals surface area contributed by atoms with Crippen molar-refractivity contribution in [2.45, 2.75) is 0 Å². The standard InChI is InChI=1S/C10H5ClF2N2O2/c11-8-4-7(16)10(15-14-8)17-9-5(12)2-1-3-6(9)13/h1-4H,(H,14,16). The van der Waals surface area contributed by atoms with Crippen LogP contribution in [0.4, 0.5) is 8.78 Å². The van der Waals surface area contributed by atoms with Crippen LogP contribution < -0.4 is 4.74 Å². The highest BCUT2D eigenvalue weighted by Gasteiger charge is 2.14. The average molecular weight is 259 g/mol. The van der Waals surface area contributed by atoms with Crippen molar-refractivity contribution < 1.29 is 18.6 Å². The van der Waals surface area contributed by atoms with E-state index >= 15 is 0 Å². The summed E-state index contributed by atoms with van der Waals surface area (Å²) in [5, 5.41) is 16.1. The van der Waals surface area contributed by atoms with Crippen molar-refractivity contribution in [3.8, 4) is 17.4 Å². The first kappa shape index (κ1) is 11.5. The molecule has 0 aliphatic rings. The van der Waals surface area contributed by atoms with Crippen LogP contribution in [0.1, 0.15) is 0 Å². The second-order valence-electron chi connectivity index (χ2n) is 3.01. The Labute approximate surface area is 99.4 Å². The fraction of sp³-hybridized carbons (Fsp3) is 0. The van der Waals surface area contributed by atoms with Crippen LogP contribution in [0.5, 0.6) is 17.4 Å². The monoisotopic (exact) mass is 258 g/mol. The molecule has 4 nitrogen and oxygen atoms in total. The first-order valence-corrected chi connectivity index (χ1v) is 4.80. The number of ether oxygens (including phenoxy) is 1. The molecule has 1 aromatic carbocycles. The molecule has 0 unspecified atom stereocenters. The first-order chi connectivity index (χ1) is 8.08. The third-order valence-corrected chi connectivity index (χ3v) is 2.01. The van der Waals surface area contributed by atoms with Crippen LogP contribution in [0, 0.1) is 11.6 Å². The van der Waals surface area contributed by atoms with Gasteiger partial charge in [-0.05, 0) is 12.1 Å². The summed E-state index contributed by atoms with van der Waals surface area (Å²) in [6.07, 6.45) is 0. The van der Waals surface area contributed by atoms with Crippen molar-refractivity contribution in [1.29, 1.82) is 0 Å². The van der Waals surface area contributed by atoms with Crippen LogP contribution in [0.25, 0.3) is 0 Å². The van der Waals surface area contributed by atoms with E-state index in [0.717, 1.165) is 18.2 Å². The molecule has 0 spiro atoms. The van der Waals surface area contributed by atoms with Gasteiger partial charge >= 0.3 is 0 Å². The van der Waals surface area contributed by atoms with Gasteiger partial charge in [0.1, 0.15) is 0 Å². The summed E-state index contributed by atoms with van der Waals surface area (Å²) in [5.74, 6) is -3.40. The Hall–Kier alpha value is -1.95. The number of rotatable bonds is 2. The van der Waals surface area contributed by atoms with Crippen LogP contribution in [0.2, 0.25) is 5.15 Å². The summed E-state index contributed by atoms with van der Waals surface area (Å²) in [7, 11) is 0. The zero-order valence-electron chi connectivity index (χ0n) is 8.19. The Morgan fingerprint density at radius 3 is 2.41 bits per heavy atom. The largest absolute Gasteiger partial charge is 0.503 e. The molecule has 1 heterocycles. The molecule has 0 aliphatic carbocycles. The van der Waals surface area contributed by atoms with E-state index in [9.17, 15) is 13.9 Å². The Morgan fingerprint density at radius 1 is 1.18 bits per heavy atom. The van der Waals surface area contributed by atoms with Crippen LogP contribution in [-0.4, -0.2) is 15.3 Å². The number of halogens is 3. The van der Waals surface area contributed by atoms with E-state index in [2.05, 4.69) is 10.2 Å². The summed E-state index contributed by atoms with van der Waals surface area (Å²) in [6.45, 7) is 0. The summed E-state index contributed by atoms with van der Waals surface area (Å²) < 4.78 is 31.2. The maximum atomic E-state index is 13.2. The minimum Gasteiger partial charge on any atom is -0.503 e. The molecular formula is C10H5ClF2N2O2. The second-order valence-corrected chi connectivity index (χ2v) is 3.40. The summed E-state index contributed by atoms with van der Waals surface area (Å²) in [6, 6.07) is 4.26. The van der Waals surface area contributed by atoms with Crippen molar-refractivity contribution in [2.24, 2.45) is 0 Å². The lowest BCUT2D eigenvalue weighted by Gasteiger charge is -2.07. The molecule has 0 atom stereocenters. The summed E-state index contributed by atoms with van der Waals surface area (Å²) in [4.78, 5) is 0. The Kier molecular flexibility index (Phi) is 3.06. The molecule has 0 fully saturated rings. The number of para-hydroxylation sites is 1. The van der Waals surface area contributed by atoms with Crippen molar-refractivity contribution in [3.63, 3.8) is 0 Å². The smallest absolute Gasteiger partial charge is 0.281 e. The maximum Gasteiger partial charge on any atom is 0.281 e. The van der Waals surface area contributed by atoms with Crippen molar-refractivity contribution >= 4 is 11.6 Å². The van der Waals surface area contributed by atoms with Gasteiger partial charge in [0.2, 0.25) is 5.75 Å². The molecule has 1 N–H and O–H groups in total. The summed E-state index contributed by atoms with van der Waals surface area (Å²) in [5.41, 5.74) is 0. The fourth-order valence-electron chi connectivity index (χ4n) is 1.10. The number of benzene rings is 1. The lowest BCUT2D eigenvalue weighted by molar-refractivity contribution is 0.360. The van der Waals surface area contributed by atoms with Crippen molar-refractivity contribution in [2.75, 3.05) is 0 Å². The molecule has 0 saturated heterocycles. The molecule has 1 aromatic heterocycles. The quantitative estimate of drug-likeness (QED) is 0.900. The Morgan fingerprint density at radius 2 is 1.82 bits per heavy atom. The number of nitrogens with zero attached hydrogens (tertiary/aromatic N) is 2. The highest BCUT2D eigenvalue weighted by Crippen LogP contribution is 2.31. The molecule has 88 valence electrons. The van der Waals surface area contributed by atoms with Gasteiger partial charge in [-0.15, -0.1) is 10.2 Å². The van der Waals surface area contributed by atoms with Gasteiger partial charge < -0.3 is 9.84 Å². The van der Waals surface area contributed by atoms with Crippen LogP contribution >= 0.6 is 11.6 Å². The van der Waals surface area contributed by atoms with Gasteiger partial charge in [-0.25, -0.2) is 8.78 Å². The number of hydrogen-bond donors (Lipinski definition) is 1. The topological polar surface area (TPSA) is 55.2 Å². The van der Waals surface area contributed by atoms with E-state index < -0.39 is 29.0 Å². The van der Waals surface area contributed by atoms with Crippen molar-refractivity contribution in [1.82, 2.24) is 10.2 Å². The minimum absolute atomic E-state index is 0.0659. The lowest BCUT2D eigenvalue weighted by Crippen LogP contribution is -1.96. The molecule has 0 radical (unpaired) electrons. The van der Waals surface area contributed by atoms with E-state index in [1.54, 1.807) is 0 Å². The molecule has 0 aliphatic heterocycles. The third kappa shape index (κ3) is 2.42. The fourth-order valence-corrected chi connectivity index (χ4v) is 1.24. The molecule has 2 aromatic rings. The first-order valence-electron chi connectivity index (χ1n) is 4.42. The van der Waals surface area contributed by atoms with Gasteiger partial charge in [0.25, 0.3) is 5.88 Å². The van der Waals surface area contributed by atoms with E-state index in [-0.39, 0.29) is 5.15 Å². The van der Waals surface area contributed by atoms with E-state index in [4.69, 9.17) is 16.3 Å². The van der Waals surface area contributed by atoms with Gasteiger partial charge in [0.15, 0.2) is 22.5 Å². The molecule has 17 heavy (non-hydrogen) atoms. The normalized spacial score (nSPS) is 10.3. The molecular weight excluding hydrogens is 254 g/mol. The molecule has 2 rings (SSSR count). The van der Waals surface area contributed by atoms with E-state index in [0.29, 0.717) is 0 Å². The third-order valence-electron chi connectivity index (χ3n) is 1.83. The molecule has 0 bridgehead atoms. The highest BCUT2D eigenvalue weighted by atomic mass is 35.5. The second kappa shape index (κ2) is 4.50. The van der Waals surface area contributed by atoms with Gasteiger partial charge in [0, 0.05) is 6.07 Å². The zero-order valence-corrected chi connectivity index (χ0v) is 8.95. The van der Waals surface area contributed by atoms with Crippen LogP contribution in [0.15, 0.2) is 24.3 Å². The van der Waals surface area contributed by atoms with Gasteiger partial charge in [-0.3, -0.25) is 0 Å². The molecule has 0 saturated carbocycles. The molecule has 7 heteroatoms. The predicted octanol–water partition coefficient (Wildman–Crippen LogP) is 2.91. The van der Waals surface area contributed by atoms with Gasteiger partial charge in [-0.2, -0.15) is 0 Å². The predicted molar refractivity (Wildman–Crippen MR) is 55.1 cm³/mol. The van der Waals surface area contributed by atoms with Crippen LogP contribution in [0.3, 0.4) is 0 Å². The Balaban J connectivity index is 2.38. The van der Waals surface area contributed by atoms with E-state index in [1.807, 2.05) is 0 Å². The van der Waals surface area contributed by atoms with Gasteiger partial charge in [-0.1, -0.05) is 17.7 Å². The Bertz CT molecular complexity index is 546. The SMILES string of the molecule is Oc1cc(Cl)nnc1Oc1c(F)cccc1F. The lowest BCUT2D eigenvalue weighted by atomic mass is 10.3. The highest BCUT2D eigenvalue weighted by molar-refractivity contribution is 6.29. The van der Waals surface area contributed by atoms with Gasteiger partial charge in [0.05, 0.1) is 0 Å². The number of aromatic nitrogens is 2. The molecule has 0 amide bonds. The average Bonchev–Trinajstić information content (AvgIpc) is 2.26. The van der Waals surface area contributed by atoms with E-state index in [1.165, 1.54) is 6.07 Å². The maximum absolute atomic E-state index is 13.2. The number of aromatic hydroxyl groups is 1. The minimum atomic E-state index is -0.916. The zero-order chi connectivity index (χ0) is 12.4.